The maximum Gasteiger partial charge on any atom is 0.578 e. The molecule has 0 aliphatic carbocycles. The number of carbonyl (C=O) groups excluding carboxylic acids is 1. The zero-order valence-electron chi connectivity index (χ0n) is 7.90. The van der Waals surface area contributed by atoms with Crippen LogP contribution in [0, 0.1) is 0 Å². The lowest BCUT2D eigenvalue weighted by Gasteiger charge is -2.16. The van der Waals surface area contributed by atoms with Gasteiger partial charge in [0, 0.05) is 0 Å². The molecule has 0 aromatic heterocycles. The van der Waals surface area contributed by atoms with Crippen LogP contribution in [-0.4, -0.2) is 13.7 Å². The third-order valence-corrected chi connectivity index (χ3v) is 2.47. The minimum Gasteiger partial charge on any atom is -0.528 e. The second-order valence-corrected chi connectivity index (χ2v) is 3.39. The van der Waals surface area contributed by atoms with Crippen LogP contribution in [0.1, 0.15) is 10.4 Å². The number of fused-ring (bicyclic) bond motifs is 2. The van der Waals surface area contributed by atoms with Crippen molar-refractivity contribution in [3.05, 3.63) is 42.0 Å². The van der Waals surface area contributed by atoms with Gasteiger partial charge in [0.25, 0.3) is 0 Å². The molecule has 15 heavy (non-hydrogen) atoms. The number of hydrogen-bond donors (Lipinski definition) is 0. The first kappa shape index (κ1) is 8.35. The van der Waals surface area contributed by atoms with E-state index in [0.29, 0.717) is 11.3 Å². The summed E-state index contributed by atoms with van der Waals surface area (Å²) in [4.78, 5) is 11.4. The van der Waals surface area contributed by atoms with Crippen LogP contribution in [0.3, 0.4) is 0 Å². The highest BCUT2D eigenvalue weighted by molar-refractivity contribution is 6.28. The van der Waals surface area contributed by atoms with Gasteiger partial charge in [-0.2, -0.15) is 0 Å². The fourth-order valence-corrected chi connectivity index (χ4v) is 1.72. The van der Waals surface area contributed by atoms with Gasteiger partial charge in [-0.05, 0) is 22.9 Å². The summed E-state index contributed by atoms with van der Waals surface area (Å²) in [7, 11) is 0.00414. The molecule has 0 unspecified atom stereocenters. The summed E-state index contributed by atoms with van der Waals surface area (Å²) in [5, 5.41) is 2.07. The van der Waals surface area contributed by atoms with Crippen LogP contribution in [0.2, 0.25) is 0 Å². The van der Waals surface area contributed by atoms with E-state index in [-0.39, 0.29) is 13.7 Å². The van der Waals surface area contributed by atoms with Crippen LogP contribution in [-0.2, 0) is 4.65 Å². The number of benzene rings is 2. The molecule has 1 aliphatic heterocycles. The molecule has 0 atom stereocenters. The van der Waals surface area contributed by atoms with Crippen LogP contribution in [0.4, 0.5) is 0 Å². The average molecular weight is 198 g/mol. The Morgan fingerprint density at radius 1 is 1.00 bits per heavy atom. The molecule has 3 rings (SSSR count). The van der Waals surface area contributed by atoms with Crippen molar-refractivity contribution in [1.29, 1.82) is 0 Å². The Hall–Kier alpha value is -1.97. The SMILES string of the molecule is O=C1OBOc2cc3ccccc3cc21. The summed E-state index contributed by atoms with van der Waals surface area (Å²) in [6.07, 6.45) is 0. The summed E-state index contributed by atoms with van der Waals surface area (Å²) in [5.41, 5.74) is 0.500. The molecule has 0 amide bonds. The van der Waals surface area contributed by atoms with E-state index >= 15 is 0 Å². The van der Waals surface area contributed by atoms with Gasteiger partial charge in [-0.1, -0.05) is 24.3 Å². The summed E-state index contributed by atoms with van der Waals surface area (Å²) in [6, 6.07) is 11.5. The van der Waals surface area contributed by atoms with Crippen molar-refractivity contribution in [2.45, 2.75) is 0 Å². The van der Waals surface area contributed by atoms with E-state index in [1.165, 1.54) is 0 Å². The zero-order valence-corrected chi connectivity index (χ0v) is 7.90. The average Bonchev–Trinajstić information content (AvgIpc) is 2.27. The molecule has 0 fully saturated rings. The Morgan fingerprint density at radius 3 is 2.53 bits per heavy atom. The van der Waals surface area contributed by atoms with Crippen molar-refractivity contribution in [2.24, 2.45) is 0 Å². The molecule has 0 saturated heterocycles. The van der Waals surface area contributed by atoms with Crippen LogP contribution in [0.5, 0.6) is 5.75 Å². The Balaban J connectivity index is 2.32. The molecule has 4 heteroatoms. The van der Waals surface area contributed by atoms with Crippen LogP contribution in [0.25, 0.3) is 10.8 Å². The van der Waals surface area contributed by atoms with Crippen LogP contribution in [0.15, 0.2) is 36.4 Å². The highest BCUT2D eigenvalue weighted by Gasteiger charge is 2.21. The standard InChI is InChI=1S/C11H7BO3/c13-11-9-5-7-3-1-2-4-8(7)6-10(9)14-12-15-11/h1-6,12H. The van der Waals surface area contributed by atoms with Crippen molar-refractivity contribution in [3.8, 4) is 5.75 Å². The largest absolute Gasteiger partial charge is 0.578 e. The predicted octanol–water partition coefficient (Wildman–Crippen LogP) is 1.66. The molecule has 0 N–H and O–H groups in total. The van der Waals surface area contributed by atoms with Gasteiger partial charge in [-0.15, -0.1) is 0 Å². The van der Waals surface area contributed by atoms with Crippen LogP contribution < -0.4 is 4.65 Å². The van der Waals surface area contributed by atoms with E-state index in [0.717, 1.165) is 10.8 Å². The first-order valence-corrected chi connectivity index (χ1v) is 4.67. The molecule has 2 aromatic carbocycles. The second-order valence-electron chi connectivity index (χ2n) is 3.39. The fourth-order valence-electron chi connectivity index (χ4n) is 1.72. The maximum absolute atomic E-state index is 11.4. The van der Waals surface area contributed by atoms with Gasteiger partial charge in [0.2, 0.25) is 0 Å². The molecular formula is C11H7BO3. The van der Waals surface area contributed by atoms with Crippen LogP contribution >= 0.6 is 0 Å². The molecular weight excluding hydrogens is 191 g/mol. The lowest BCUT2D eigenvalue weighted by Crippen LogP contribution is -2.21. The molecule has 0 radical (unpaired) electrons. The highest BCUT2D eigenvalue weighted by Crippen LogP contribution is 2.28. The minimum atomic E-state index is -0.318. The third kappa shape index (κ3) is 1.26. The van der Waals surface area contributed by atoms with Gasteiger partial charge >= 0.3 is 13.7 Å². The smallest absolute Gasteiger partial charge is 0.528 e. The van der Waals surface area contributed by atoms with Gasteiger partial charge in [0.05, 0.1) is 5.56 Å². The predicted molar refractivity (Wildman–Crippen MR) is 57.1 cm³/mol. The number of rotatable bonds is 0. The van der Waals surface area contributed by atoms with Gasteiger partial charge in [0.1, 0.15) is 5.75 Å². The van der Waals surface area contributed by atoms with E-state index in [2.05, 4.69) is 0 Å². The number of carbonyl (C=O) groups is 1. The molecule has 72 valence electrons. The van der Waals surface area contributed by atoms with E-state index in [9.17, 15) is 4.79 Å². The Morgan fingerprint density at radius 2 is 1.73 bits per heavy atom. The van der Waals surface area contributed by atoms with Crippen molar-refractivity contribution in [2.75, 3.05) is 0 Å². The lowest BCUT2D eigenvalue weighted by molar-refractivity contribution is 0.0699. The summed E-state index contributed by atoms with van der Waals surface area (Å²) < 4.78 is 10.1. The Labute approximate surface area is 86.9 Å². The maximum atomic E-state index is 11.4. The first-order valence-electron chi connectivity index (χ1n) is 4.67. The van der Waals surface area contributed by atoms with E-state index < -0.39 is 0 Å². The molecule has 3 nitrogen and oxygen atoms in total. The van der Waals surface area contributed by atoms with Gasteiger partial charge in [-0.3, -0.25) is 0 Å². The van der Waals surface area contributed by atoms with Gasteiger partial charge in [0.15, 0.2) is 0 Å². The second kappa shape index (κ2) is 3.02. The molecule has 0 saturated carbocycles. The van der Waals surface area contributed by atoms with Gasteiger partial charge < -0.3 is 9.31 Å². The third-order valence-electron chi connectivity index (χ3n) is 2.47. The summed E-state index contributed by atoms with van der Waals surface area (Å²) >= 11 is 0. The fraction of sp³-hybridized carbons (Fsp3) is 0. The van der Waals surface area contributed by atoms with E-state index in [1.807, 2.05) is 30.3 Å². The molecule has 1 heterocycles. The quantitative estimate of drug-likeness (QED) is 0.603. The van der Waals surface area contributed by atoms with Gasteiger partial charge in [-0.25, -0.2) is 4.79 Å². The number of hydrogen-bond acceptors (Lipinski definition) is 3. The summed E-state index contributed by atoms with van der Waals surface area (Å²) in [5.74, 6) is 0.284. The van der Waals surface area contributed by atoms with Crippen molar-refractivity contribution in [3.63, 3.8) is 0 Å². The minimum absolute atomic E-state index is 0.00414. The van der Waals surface area contributed by atoms with Crippen molar-refractivity contribution in [1.82, 2.24) is 0 Å². The van der Waals surface area contributed by atoms with Crippen molar-refractivity contribution < 1.29 is 14.1 Å². The molecule has 0 bridgehead atoms. The topological polar surface area (TPSA) is 35.5 Å². The van der Waals surface area contributed by atoms with Crippen molar-refractivity contribution >= 4 is 24.4 Å². The molecule has 1 aliphatic rings. The Bertz CT molecular complexity index is 551. The zero-order chi connectivity index (χ0) is 10.3. The lowest BCUT2D eigenvalue weighted by atomic mass is 10.0. The highest BCUT2D eigenvalue weighted by atomic mass is 16.6. The summed E-state index contributed by atoms with van der Waals surface area (Å²) in [6.45, 7) is 0. The first-order chi connectivity index (χ1) is 7.34. The van der Waals surface area contributed by atoms with E-state index in [4.69, 9.17) is 9.31 Å². The van der Waals surface area contributed by atoms with E-state index in [1.54, 1.807) is 6.07 Å². The molecule has 2 aromatic rings. The monoisotopic (exact) mass is 198 g/mol. The normalized spacial score (nSPS) is 13.7. The molecule has 0 spiro atoms. The Kier molecular flexibility index (Phi) is 1.68.